The first-order chi connectivity index (χ1) is 14.8. The Morgan fingerprint density at radius 1 is 1.06 bits per heavy atom. The summed E-state index contributed by atoms with van der Waals surface area (Å²) in [4.78, 5) is 4.34. The molecule has 0 saturated carbocycles. The molecule has 0 unspecified atom stereocenters. The number of alkyl halides is 3. The molecular formula is C22H16F3N3O2S. The lowest BCUT2D eigenvalue weighted by molar-refractivity contribution is -0.142. The minimum absolute atomic E-state index is 0.0262. The fourth-order valence-electron chi connectivity index (χ4n) is 2.89. The monoisotopic (exact) mass is 443 g/mol. The van der Waals surface area contributed by atoms with Gasteiger partial charge in [-0.3, -0.25) is 0 Å². The normalized spacial score (nSPS) is 11.9. The highest BCUT2D eigenvalue weighted by molar-refractivity contribution is 7.12. The van der Waals surface area contributed by atoms with Crippen molar-refractivity contribution in [3.05, 3.63) is 76.9 Å². The number of phenolic OH excluding ortho intramolecular Hbond substituents is 1. The van der Waals surface area contributed by atoms with Crippen LogP contribution in [0.25, 0.3) is 28.5 Å². The van der Waals surface area contributed by atoms with E-state index in [1.54, 1.807) is 55.0 Å². The number of nitrogens with zero attached hydrogens (tertiary/aromatic N) is 3. The summed E-state index contributed by atoms with van der Waals surface area (Å²) in [6, 6.07) is 14.5. The van der Waals surface area contributed by atoms with E-state index in [1.807, 2.05) is 0 Å². The summed E-state index contributed by atoms with van der Waals surface area (Å²) in [6.45, 7) is 0. The highest BCUT2D eigenvalue weighted by Gasteiger charge is 2.36. The van der Waals surface area contributed by atoms with E-state index in [2.05, 4.69) is 10.1 Å². The van der Waals surface area contributed by atoms with Crippen LogP contribution in [0.2, 0.25) is 0 Å². The van der Waals surface area contributed by atoms with Crippen molar-refractivity contribution >= 4 is 23.5 Å². The number of halogens is 3. The second kappa shape index (κ2) is 8.27. The highest BCUT2D eigenvalue weighted by atomic mass is 32.1. The Kier molecular flexibility index (Phi) is 5.51. The Balaban J connectivity index is 1.69. The number of hydrogen-bond donors (Lipinski definition) is 1. The molecule has 0 spiro atoms. The number of methoxy groups -OCH3 is 1. The molecule has 0 aliphatic rings. The SMILES string of the molecule is COc1ccc(-c2csc(-n3nc(/C=C/c4ccccc4O)cc3C(F)(F)F)n2)cc1. The smallest absolute Gasteiger partial charge is 0.433 e. The second-order valence-electron chi connectivity index (χ2n) is 6.50. The molecule has 2 heterocycles. The first-order valence-corrected chi connectivity index (χ1v) is 9.97. The molecule has 1 N–H and O–H groups in total. The maximum atomic E-state index is 13.6. The van der Waals surface area contributed by atoms with Gasteiger partial charge in [0.1, 0.15) is 11.5 Å². The van der Waals surface area contributed by atoms with E-state index in [0.29, 0.717) is 17.0 Å². The van der Waals surface area contributed by atoms with Crippen molar-refractivity contribution in [2.24, 2.45) is 0 Å². The molecule has 9 heteroatoms. The standard InChI is InChI=1S/C22H16F3N3O2S/c1-30-17-10-7-14(8-11-17)18-13-31-21(26-18)28-20(22(23,24)25)12-16(27-28)9-6-15-4-2-3-5-19(15)29/h2-13,29H,1H3/b9-6+. The van der Waals surface area contributed by atoms with Crippen LogP contribution in [0.15, 0.2) is 60.0 Å². The summed E-state index contributed by atoms with van der Waals surface area (Å²) in [5, 5.41) is 15.7. The number of hydrogen-bond acceptors (Lipinski definition) is 5. The number of rotatable bonds is 5. The summed E-state index contributed by atoms with van der Waals surface area (Å²) in [7, 11) is 1.55. The summed E-state index contributed by atoms with van der Waals surface area (Å²) in [5.41, 5.74) is 0.930. The number of aromatic nitrogens is 3. The van der Waals surface area contributed by atoms with Crippen LogP contribution in [-0.2, 0) is 6.18 Å². The third-order valence-electron chi connectivity index (χ3n) is 4.45. The predicted molar refractivity (Wildman–Crippen MR) is 113 cm³/mol. The Bertz CT molecular complexity index is 1230. The molecule has 0 fully saturated rings. The van der Waals surface area contributed by atoms with Crippen molar-refractivity contribution in [3.8, 4) is 27.9 Å². The minimum atomic E-state index is -4.61. The van der Waals surface area contributed by atoms with Gasteiger partial charge in [-0.15, -0.1) is 11.3 Å². The zero-order chi connectivity index (χ0) is 22.0. The maximum Gasteiger partial charge on any atom is 0.433 e. The average molecular weight is 443 g/mol. The highest BCUT2D eigenvalue weighted by Crippen LogP contribution is 2.34. The molecule has 0 aliphatic heterocycles. The van der Waals surface area contributed by atoms with Crippen molar-refractivity contribution in [3.63, 3.8) is 0 Å². The fourth-order valence-corrected chi connectivity index (χ4v) is 3.68. The first kappa shape index (κ1) is 20.7. The van der Waals surface area contributed by atoms with Gasteiger partial charge in [0.2, 0.25) is 5.13 Å². The van der Waals surface area contributed by atoms with Gasteiger partial charge in [-0.2, -0.15) is 18.3 Å². The Hall–Kier alpha value is -3.59. The van der Waals surface area contributed by atoms with Crippen LogP contribution in [0, 0.1) is 0 Å². The molecule has 4 rings (SSSR count). The Morgan fingerprint density at radius 3 is 2.48 bits per heavy atom. The molecule has 4 aromatic rings. The average Bonchev–Trinajstić information content (AvgIpc) is 3.40. The van der Waals surface area contributed by atoms with Gasteiger partial charge in [0, 0.05) is 16.5 Å². The number of ether oxygens (including phenoxy) is 1. The van der Waals surface area contributed by atoms with E-state index in [9.17, 15) is 18.3 Å². The van der Waals surface area contributed by atoms with Gasteiger partial charge in [0.25, 0.3) is 0 Å². The van der Waals surface area contributed by atoms with E-state index in [0.717, 1.165) is 27.6 Å². The molecule has 0 radical (unpaired) electrons. The molecule has 0 amide bonds. The van der Waals surface area contributed by atoms with E-state index in [-0.39, 0.29) is 16.6 Å². The molecule has 158 valence electrons. The molecule has 2 aromatic carbocycles. The van der Waals surface area contributed by atoms with E-state index in [1.165, 1.54) is 18.2 Å². The lowest BCUT2D eigenvalue weighted by Crippen LogP contribution is -2.13. The molecule has 31 heavy (non-hydrogen) atoms. The first-order valence-electron chi connectivity index (χ1n) is 9.09. The van der Waals surface area contributed by atoms with Crippen molar-refractivity contribution in [1.29, 1.82) is 0 Å². The van der Waals surface area contributed by atoms with Crippen LogP contribution >= 0.6 is 11.3 Å². The second-order valence-corrected chi connectivity index (χ2v) is 7.34. The lowest BCUT2D eigenvalue weighted by atomic mass is 10.2. The molecule has 0 aliphatic carbocycles. The van der Waals surface area contributed by atoms with Gasteiger partial charge in [0.15, 0.2) is 5.69 Å². The number of benzene rings is 2. The van der Waals surface area contributed by atoms with Gasteiger partial charge in [0.05, 0.1) is 18.5 Å². The van der Waals surface area contributed by atoms with Gasteiger partial charge in [-0.05, 0) is 48.6 Å². The number of phenols is 1. The third kappa shape index (κ3) is 4.46. The van der Waals surface area contributed by atoms with Crippen LogP contribution in [-0.4, -0.2) is 27.0 Å². The van der Waals surface area contributed by atoms with Crippen LogP contribution < -0.4 is 4.74 Å². The van der Waals surface area contributed by atoms with E-state index in [4.69, 9.17) is 4.74 Å². The third-order valence-corrected chi connectivity index (χ3v) is 5.26. The number of aromatic hydroxyl groups is 1. The molecule has 0 bridgehead atoms. The van der Waals surface area contributed by atoms with Crippen molar-refractivity contribution in [2.45, 2.75) is 6.18 Å². The quantitative estimate of drug-likeness (QED) is 0.417. The van der Waals surface area contributed by atoms with Crippen LogP contribution in [0.5, 0.6) is 11.5 Å². The Morgan fingerprint density at radius 2 is 1.81 bits per heavy atom. The summed E-state index contributed by atoms with van der Waals surface area (Å²) in [5.74, 6) is 0.699. The molecular weight excluding hydrogens is 427 g/mol. The summed E-state index contributed by atoms with van der Waals surface area (Å²) in [6.07, 6.45) is -1.69. The largest absolute Gasteiger partial charge is 0.507 e. The predicted octanol–water partition coefficient (Wildman–Crippen LogP) is 5.90. The van der Waals surface area contributed by atoms with Gasteiger partial charge in [-0.1, -0.05) is 18.2 Å². The lowest BCUT2D eigenvalue weighted by Gasteiger charge is -2.07. The Labute approximate surface area is 179 Å². The topological polar surface area (TPSA) is 60.2 Å². The molecule has 2 aromatic heterocycles. The van der Waals surface area contributed by atoms with E-state index >= 15 is 0 Å². The summed E-state index contributed by atoms with van der Waals surface area (Å²) >= 11 is 1.06. The zero-order valence-corrected chi connectivity index (χ0v) is 17.0. The summed E-state index contributed by atoms with van der Waals surface area (Å²) < 4.78 is 46.8. The van der Waals surface area contributed by atoms with Gasteiger partial charge < -0.3 is 9.84 Å². The van der Waals surface area contributed by atoms with Crippen molar-refractivity contribution in [2.75, 3.05) is 7.11 Å². The van der Waals surface area contributed by atoms with Crippen LogP contribution in [0.4, 0.5) is 13.2 Å². The van der Waals surface area contributed by atoms with Gasteiger partial charge >= 0.3 is 6.18 Å². The van der Waals surface area contributed by atoms with Crippen LogP contribution in [0.1, 0.15) is 17.0 Å². The maximum absolute atomic E-state index is 13.6. The van der Waals surface area contributed by atoms with Crippen molar-refractivity contribution in [1.82, 2.24) is 14.8 Å². The molecule has 0 atom stereocenters. The molecule has 0 saturated heterocycles. The zero-order valence-electron chi connectivity index (χ0n) is 16.2. The van der Waals surface area contributed by atoms with Gasteiger partial charge in [-0.25, -0.2) is 9.67 Å². The molecule has 5 nitrogen and oxygen atoms in total. The number of para-hydroxylation sites is 1. The fraction of sp³-hybridized carbons (Fsp3) is 0.0909. The minimum Gasteiger partial charge on any atom is -0.507 e. The number of thiazole rings is 1. The van der Waals surface area contributed by atoms with Crippen LogP contribution in [0.3, 0.4) is 0 Å². The van der Waals surface area contributed by atoms with E-state index < -0.39 is 11.9 Å². The van der Waals surface area contributed by atoms with Crippen molar-refractivity contribution < 1.29 is 23.0 Å².